The summed E-state index contributed by atoms with van der Waals surface area (Å²) in [5.41, 5.74) is 7.82. The van der Waals surface area contributed by atoms with Crippen molar-refractivity contribution in [1.82, 2.24) is 0 Å². The minimum atomic E-state index is -4.08. The number of ketones is 1. The molecule has 0 heterocycles. The van der Waals surface area contributed by atoms with Crippen molar-refractivity contribution in [2.75, 3.05) is 0 Å². The Balaban J connectivity index is 0.000000169. The molecule has 2 aliphatic rings. The van der Waals surface area contributed by atoms with Gasteiger partial charge in [-0.3, -0.25) is 4.55 Å². The van der Waals surface area contributed by atoms with E-state index in [1.807, 2.05) is 36.4 Å². The lowest BCUT2D eigenvalue weighted by molar-refractivity contribution is -0.115. The van der Waals surface area contributed by atoms with E-state index < -0.39 is 10.1 Å². The molecule has 0 saturated heterocycles. The molecule has 2 aliphatic carbocycles. The largest absolute Gasteiger partial charge is 0.300 e. The molecule has 5 heteroatoms. The molecule has 174 valence electrons. The van der Waals surface area contributed by atoms with Crippen LogP contribution in [0.5, 0.6) is 0 Å². The van der Waals surface area contributed by atoms with Gasteiger partial charge in [-0.2, -0.15) is 8.42 Å². The molecule has 5 rings (SSSR count). The van der Waals surface area contributed by atoms with E-state index in [9.17, 15) is 13.2 Å². The zero-order valence-electron chi connectivity index (χ0n) is 19.3. The van der Waals surface area contributed by atoms with Crippen LogP contribution in [0.4, 0.5) is 0 Å². The first kappa shape index (κ1) is 25.1. The van der Waals surface area contributed by atoms with E-state index in [2.05, 4.69) is 48.5 Å². The Morgan fingerprint density at radius 2 is 1.29 bits per heavy atom. The third-order valence-corrected chi connectivity index (χ3v) is 6.05. The van der Waals surface area contributed by atoms with Crippen LogP contribution in [0.1, 0.15) is 37.0 Å². The lowest BCUT2D eigenvalue weighted by Crippen LogP contribution is -2.01. The van der Waals surface area contributed by atoms with Gasteiger partial charge in [0, 0.05) is 0 Å². The molecule has 3 aromatic carbocycles. The topological polar surface area (TPSA) is 71.4 Å². The molecule has 34 heavy (non-hydrogen) atoms. The lowest BCUT2D eigenvalue weighted by atomic mass is 10.0. The van der Waals surface area contributed by atoms with Gasteiger partial charge in [-0.15, -0.1) is 0 Å². The lowest BCUT2D eigenvalue weighted by Gasteiger charge is -2.06. The van der Waals surface area contributed by atoms with Gasteiger partial charge in [-0.05, 0) is 66.2 Å². The summed E-state index contributed by atoms with van der Waals surface area (Å²) in [5, 5.41) is 0. The number of allylic oxidation sites excluding steroid dienone is 4. The molecule has 0 amide bonds. The Morgan fingerprint density at radius 3 is 1.76 bits per heavy atom. The van der Waals surface area contributed by atoms with Crippen LogP contribution >= 0.6 is 0 Å². The second-order valence-electron chi connectivity index (χ2n) is 8.15. The van der Waals surface area contributed by atoms with Gasteiger partial charge in [0.15, 0.2) is 0 Å². The van der Waals surface area contributed by atoms with Gasteiger partial charge < -0.3 is 4.79 Å². The molecule has 0 radical (unpaired) electrons. The summed E-state index contributed by atoms with van der Waals surface area (Å²) in [7, 11) is -4.08. The van der Waals surface area contributed by atoms with Crippen molar-refractivity contribution in [2.45, 2.75) is 26.7 Å². The second kappa shape index (κ2) is 11.5. The van der Waals surface area contributed by atoms with Crippen molar-refractivity contribution in [3.63, 3.8) is 0 Å². The van der Waals surface area contributed by atoms with Crippen LogP contribution in [0.3, 0.4) is 0 Å². The van der Waals surface area contributed by atoms with E-state index in [-0.39, 0.29) is 10.7 Å². The van der Waals surface area contributed by atoms with Crippen molar-refractivity contribution in [1.29, 1.82) is 0 Å². The summed E-state index contributed by atoms with van der Waals surface area (Å²) < 4.78 is 30.6. The van der Waals surface area contributed by atoms with Gasteiger partial charge >= 0.3 is 0 Å². The molecule has 0 unspecified atom stereocenters. The number of carbonyl (C=O) groups is 1. The summed E-state index contributed by atoms with van der Waals surface area (Å²) in [4.78, 5) is 9.41. The fourth-order valence-corrected chi connectivity index (χ4v) is 4.22. The maximum absolute atomic E-state index is 10.9. The fourth-order valence-electron chi connectivity index (χ4n) is 3.68. The summed E-state index contributed by atoms with van der Waals surface area (Å²) in [6.45, 7) is 3.06. The monoisotopic (exact) mass is 472 g/mol. The Morgan fingerprint density at radius 1 is 0.794 bits per heavy atom. The van der Waals surface area contributed by atoms with Gasteiger partial charge in [-0.25, -0.2) is 0 Å². The molecule has 0 bridgehead atoms. The van der Waals surface area contributed by atoms with Gasteiger partial charge in [0.05, 0.1) is 4.91 Å². The quantitative estimate of drug-likeness (QED) is 0.331. The van der Waals surface area contributed by atoms with Crippen LogP contribution in [0, 0.1) is 0 Å². The standard InChI is InChI=1S/C13H12O3S.C13H10.C3H6O/c14-17(15,16)13-8-6-12(7-9-13)10-11-4-2-1-3-5-11;1-3-7-12-10(5-1)9-11-6-2-4-8-13(11)12;1-3(2)4/h1-6,8-10H,7H2,(H,14,15,16);1-8H,9H2;1-2H3. The molecule has 0 aliphatic heterocycles. The van der Waals surface area contributed by atoms with Crippen LogP contribution in [0.15, 0.2) is 108 Å². The average molecular weight is 473 g/mol. The van der Waals surface area contributed by atoms with Crippen molar-refractivity contribution in [3.05, 3.63) is 124 Å². The van der Waals surface area contributed by atoms with Crippen molar-refractivity contribution < 1.29 is 17.8 Å². The highest BCUT2D eigenvalue weighted by Gasteiger charge is 2.16. The molecule has 4 nitrogen and oxygen atoms in total. The maximum atomic E-state index is 10.9. The van der Waals surface area contributed by atoms with E-state index in [1.54, 1.807) is 6.08 Å². The van der Waals surface area contributed by atoms with Crippen LogP contribution in [0.2, 0.25) is 0 Å². The highest BCUT2D eigenvalue weighted by molar-refractivity contribution is 7.90. The molecular weight excluding hydrogens is 444 g/mol. The first-order valence-corrected chi connectivity index (χ1v) is 12.4. The molecule has 0 spiro atoms. The highest BCUT2D eigenvalue weighted by Crippen LogP contribution is 2.35. The molecule has 0 saturated carbocycles. The fraction of sp³-hybridized carbons (Fsp3) is 0.138. The molecule has 0 atom stereocenters. The minimum absolute atomic E-state index is 0.0392. The smallest absolute Gasteiger partial charge is 0.294 e. The van der Waals surface area contributed by atoms with E-state index in [4.69, 9.17) is 4.55 Å². The first-order chi connectivity index (χ1) is 16.2. The van der Waals surface area contributed by atoms with E-state index in [0.29, 0.717) is 6.42 Å². The van der Waals surface area contributed by atoms with E-state index in [0.717, 1.165) is 17.6 Å². The van der Waals surface area contributed by atoms with Gasteiger partial charge in [0.25, 0.3) is 10.1 Å². The third-order valence-electron chi connectivity index (χ3n) is 5.16. The van der Waals surface area contributed by atoms with E-state index in [1.165, 1.54) is 48.3 Å². The Bertz CT molecular complexity index is 1300. The van der Waals surface area contributed by atoms with Crippen LogP contribution in [-0.2, 0) is 21.3 Å². The minimum Gasteiger partial charge on any atom is -0.300 e. The van der Waals surface area contributed by atoms with Gasteiger partial charge in [-0.1, -0.05) is 97.1 Å². The van der Waals surface area contributed by atoms with E-state index >= 15 is 0 Å². The molecule has 0 aromatic heterocycles. The predicted molar refractivity (Wildman–Crippen MR) is 139 cm³/mol. The number of fused-ring (bicyclic) bond motifs is 3. The average Bonchev–Trinajstić information content (AvgIpc) is 3.18. The number of rotatable bonds is 2. The van der Waals surface area contributed by atoms with Crippen molar-refractivity contribution in [2.24, 2.45) is 0 Å². The molecule has 1 N–H and O–H groups in total. The number of carbonyl (C=O) groups excluding carboxylic acids is 1. The zero-order chi connectivity index (χ0) is 24.6. The summed E-state index contributed by atoms with van der Waals surface area (Å²) in [6.07, 6.45) is 8.20. The SMILES string of the molecule is CC(C)=O.O=S(=O)(O)C1=CCC(=Cc2ccccc2)C=C1.c1ccc2c(c1)Cc1ccccc1-2. The highest BCUT2D eigenvalue weighted by atomic mass is 32.2. The maximum Gasteiger partial charge on any atom is 0.294 e. The van der Waals surface area contributed by atoms with Crippen molar-refractivity contribution >= 4 is 22.0 Å². The van der Waals surface area contributed by atoms with Gasteiger partial charge in [0.1, 0.15) is 5.78 Å². The number of hydrogen-bond acceptors (Lipinski definition) is 3. The van der Waals surface area contributed by atoms with Crippen LogP contribution in [0.25, 0.3) is 17.2 Å². The summed E-state index contributed by atoms with van der Waals surface area (Å²) in [5.74, 6) is 0.167. The summed E-state index contributed by atoms with van der Waals surface area (Å²) >= 11 is 0. The molecular formula is C29H28O4S. The van der Waals surface area contributed by atoms with Crippen LogP contribution in [-0.4, -0.2) is 18.8 Å². The van der Waals surface area contributed by atoms with Crippen molar-refractivity contribution in [3.8, 4) is 11.1 Å². The Hall–Kier alpha value is -3.54. The first-order valence-electron chi connectivity index (χ1n) is 11.0. The molecule has 3 aromatic rings. The second-order valence-corrected chi connectivity index (χ2v) is 9.57. The van der Waals surface area contributed by atoms with Gasteiger partial charge in [0.2, 0.25) is 0 Å². The predicted octanol–water partition coefficient (Wildman–Crippen LogP) is 6.65. The third kappa shape index (κ3) is 7.24. The number of hydrogen-bond donors (Lipinski definition) is 1. The number of Topliss-reactive ketones (excluding diaryl/α,β-unsaturated/α-hetero) is 1. The number of benzene rings is 3. The Labute approximate surface area is 201 Å². The molecule has 0 fully saturated rings. The van der Waals surface area contributed by atoms with Crippen LogP contribution < -0.4 is 0 Å². The normalized spacial score (nSPS) is 14.6. The Kier molecular flexibility index (Phi) is 8.52. The zero-order valence-corrected chi connectivity index (χ0v) is 20.1. The summed E-state index contributed by atoms with van der Waals surface area (Å²) in [6, 6.07) is 27.1.